The summed E-state index contributed by atoms with van der Waals surface area (Å²) in [4.78, 5) is 34.6. The predicted octanol–water partition coefficient (Wildman–Crippen LogP) is 2.92. The molecule has 1 aromatic heterocycles. The molecule has 3 heterocycles. The van der Waals surface area contributed by atoms with Gasteiger partial charge in [0, 0.05) is 55.4 Å². The molecule has 1 saturated heterocycles. The molecular weight excluding hydrogens is 424 g/mol. The molecule has 0 radical (unpaired) electrons. The largest absolute Gasteiger partial charge is 0.448 e. The highest BCUT2D eigenvalue weighted by Crippen LogP contribution is 2.46. The van der Waals surface area contributed by atoms with E-state index < -0.39 is 5.79 Å². The molecule has 1 aliphatic carbocycles. The first kappa shape index (κ1) is 21.8. The van der Waals surface area contributed by atoms with Crippen LogP contribution in [0.3, 0.4) is 0 Å². The van der Waals surface area contributed by atoms with Gasteiger partial charge in [-0.3, -0.25) is 14.6 Å². The number of H-pyrrole nitrogens is 1. The molecule has 0 bridgehead atoms. The molecule has 2 N–H and O–H groups in total. The van der Waals surface area contributed by atoms with Gasteiger partial charge in [0.2, 0.25) is 11.9 Å². The highest BCUT2D eigenvalue weighted by Gasteiger charge is 2.42. The number of carbonyl (C=O) groups excluding carboxylic acids is 1. The van der Waals surface area contributed by atoms with E-state index >= 15 is 0 Å². The number of fused-ring (bicyclic) bond motifs is 1. The Morgan fingerprint density at radius 1 is 1.15 bits per heavy atom. The fraction of sp³-hybridized carbons (Fsp3) is 0.542. The minimum Gasteiger partial charge on any atom is -0.448 e. The first-order valence-electron chi connectivity index (χ1n) is 11.8. The van der Waals surface area contributed by atoms with Gasteiger partial charge in [0.25, 0.3) is 11.3 Å². The number of carbonyl (C=O) groups is 1. The Kier molecular flexibility index (Phi) is 5.97. The van der Waals surface area contributed by atoms with E-state index in [2.05, 4.69) is 15.3 Å². The molecule has 33 heavy (non-hydrogen) atoms. The summed E-state index contributed by atoms with van der Waals surface area (Å²) in [5.41, 5.74) is 1.64. The predicted molar refractivity (Wildman–Crippen MR) is 123 cm³/mol. The second kappa shape index (κ2) is 9.05. The van der Waals surface area contributed by atoms with Crippen LogP contribution in [0, 0.1) is 6.92 Å². The molecule has 0 unspecified atom stereocenters. The zero-order valence-corrected chi connectivity index (χ0v) is 18.9. The molecule has 5 rings (SSSR count). The summed E-state index contributed by atoms with van der Waals surface area (Å²) in [6, 6.07) is 5.48. The number of morpholine rings is 1. The molecule has 2 aromatic rings. The van der Waals surface area contributed by atoms with E-state index in [-0.39, 0.29) is 17.9 Å². The maximum Gasteiger partial charge on any atom is 0.255 e. The quantitative estimate of drug-likeness (QED) is 0.716. The molecule has 2 aliphatic heterocycles. The maximum absolute atomic E-state index is 12.6. The summed E-state index contributed by atoms with van der Waals surface area (Å²) in [5.74, 6) is 1.25. The molecule has 9 heteroatoms. The van der Waals surface area contributed by atoms with Crippen molar-refractivity contribution in [3.63, 3.8) is 0 Å². The van der Waals surface area contributed by atoms with Crippen LogP contribution in [0.15, 0.2) is 23.0 Å². The van der Waals surface area contributed by atoms with Crippen LogP contribution < -0.4 is 25.2 Å². The smallest absolute Gasteiger partial charge is 0.255 e. The van der Waals surface area contributed by atoms with E-state index in [0.29, 0.717) is 61.4 Å². The lowest BCUT2D eigenvalue weighted by Gasteiger charge is -2.31. The van der Waals surface area contributed by atoms with Crippen LogP contribution in [-0.2, 0) is 16.0 Å². The van der Waals surface area contributed by atoms with Crippen molar-refractivity contribution in [2.75, 3.05) is 36.5 Å². The first-order valence-corrected chi connectivity index (χ1v) is 11.8. The second-order valence-corrected chi connectivity index (χ2v) is 8.94. The van der Waals surface area contributed by atoms with Gasteiger partial charge in [-0.1, -0.05) is 6.42 Å². The summed E-state index contributed by atoms with van der Waals surface area (Å²) < 4.78 is 17.6. The number of benzene rings is 1. The Bertz CT molecular complexity index is 1090. The van der Waals surface area contributed by atoms with E-state index in [1.165, 1.54) is 6.42 Å². The molecule has 3 aliphatic rings. The molecular formula is C24H30N4O5. The van der Waals surface area contributed by atoms with Crippen molar-refractivity contribution in [1.82, 2.24) is 9.97 Å². The number of anilines is 2. The summed E-state index contributed by atoms with van der Waals surface area (Å²) in [7, 11) is 0. The Labute approximate surface area is 192 Å². The Morgan fingerprint density at radius 3 is 2.67 bits per heavy atom. The van der Waals surface area contributed by atoms with Gasteiger partial charge in [-0.25, -0.2) is 4.98 Å². The van der Waals surface area contributed by atoms with Crippen LogP contribution in [0.1, 0.15) is 49.8 Å². The van der Waals surface area contributed by atoms with Crippen molar-refractivity contribution in [1.29, 1.82) is 0 Å². The topological polar surface area (TPSA) is 106 Å². The van der Waals surface area contributed by atoms with E-state index in [1.807, 2.05) is 30.0 Å². The Morgan fingerprint density at radius 2 is 1.91 bits per heavy atom. The van der Waals surface area contributed by atoms with Gasteiger partial charge in [-0.2, -0.15) is 0 Å². The third-order valence-corrected chi connectivity index (χ3v) is 6.56. The highest BCUT2D eigenvalue weighted by molar-refractivity contribution is 5.91. The average Bonchev–Trinajstić information content (AvgIpc) is 3.15. The van der Waals surface area contributed by atoms with Crippen LogP contribution >= 0.6 is 0 Å². The third kappa shape index (κ3) is 4.68. The normalized spacial score (nSPS) is 19.0. The number of nitrogens with one attached hydrogen (secondary N) is 2. The number of amides is 1. The molecule has 1 amide bonds. The summed E-state index contributed by atoms with van der Waals surface area (Å²) in [5, 5.41) is 2.91. The maximum atomic E-state index is 12.6. The number of hydrogen-bond acceptors (Lipinski definition) is 7. The van der Waals surface area contributed by atoms with Gasteiger partial charge in [-0.15, -0.1) is 0 Å². The Balaban J connectivity index is 1.19. The van der Waals surface area contributed by atoms with Gasteiger partial charge in [0.1, 0.15) is 0 Å². The van der Waals surface area contributed by atoms with Crippen molar-refractivity contribution in [2.24, 2.45) is 0 Å². The highest BCUT2D eigenvalue weighted by atomic mass is 16.7. The van der Waals surface area contributed by atoms with Crippen molar-refractivity contribution in [2.45, 2.75) is 57.7 Å². The summed E-state index contributed by atoms with van der Waals surface area (Å²) >= 11 is 0. The minimum atomic E-state index is -0.540. The van der Waals surface area contributed by atoms with Crippen LogP contribution in [0.5, 0.6) is 11.5 Å². The monoisotopic (exact) mass is 454 g/mol. The van der Waals surface area contributed by atoms with Gasteiger partial charge < -0.3 is 24.4 Å². The Hall–Kier alpha value is -3.07. The second-order valence-electron chi connectivity index (χ2n) is 8.94. The fourth-order valence-electron chi connectivity index (χ4n) is 4.74. The minimum absolute atomic E-state index is 0.169. The van der Waals surface area contributed by atoms with Crippen LogP contribution in [0.2, 0.25) is 0 Å². The van der Waals surface area contributed by atoms with E-state index in [4.69, 9.17) is 14.2 Å². The summed E-state index contributed by atoms with van der Waals surface area (Å²) in [6.45, 7) is 4.43. The van der Waals surface area contributed by atoms with E-state index in [1.54, 1.807) is 0 Å². The number of aromatic amines is 1. The average molecular weight is 455 g/mol. The zero-order chi connectivity index (χ0) is 22.8. The van der Waals surface area contributed by atoms with Crippen molar-refractivity contribution in [3.05, 3.63) is 39.8 Å². The molecule has 0 atom stereocenters. The number of rotatable bonds is 5. The number of aromatic nitrogens is 2. The van der Waals surface area contributed by atoms with E-state index in [9.17, 15) is 9.59 Å². The number of aryl methyl sites for hydroxylation is 1. The van der Waals surface area contributed by atoms with Crippen LogP contribution in [0.25, 0.3) is 0 Å². The standard InChI is InChI=1S/C24H30N4O5/c1-16-18(22(30)27-23(25-16)28-11-13-31-14-12-28)6-8-21(29)26-17-5-7-19-20(15-17)33-24(32-19)9-3-2-4-10-24/h5,7,15H,2-4,6,8-14H2,1H3,(H,26,29)(H,25,27,30). The van der Waals surface area contributed by atoms with Crippen LogP contribution in [0.4, 0.5) is 11.6 Å². The molecule has 1 saturated carbocycles. The summed E-state index contributed by atoms with van der Waals surface area (Å²) in [6.07, 6.45) is 5.67. The first-order chi connectivity index (χ1) is 16.0. The lowest BCUT2D eigenvalue weighted by molar-refractivity contribution is -0.116. The van der Waals surface area contributed by atoms with Crippen molar-refractivity contribution < 1.29 is 19.0 Å². The molecule has 176 valence electrons. The van der Waals surface area contributed by atoms with E-state index in [0.717, 1.165) is 31.4 Å². The van der Waals surface area contributed by atoms with Gasteiger partial charge in [-0.05, 0) is 38.3 Å². The zero-order valence-electron chi connectivity index (χ0n) is 18.9. The fourth-order valence-corrected chi connectivity index (χ4v) is 4.74. The molecule has 9 nitrogen and oxygen atoms in total. The van der Waals surface area contributed by atoms with Crippen molar-refractivity contribution >= 4 is 17.5 Å². The number of nitrogens with zero attached hydrogens (tertiary/aromatic N) is 2. The van der Waals surface area contributed by atoms with Crippen LogP contribution in [-0.4, -0.2) is 48.0 Å². The molecule has 2 fully saturated rings. The number of hydrogen-bond donors (Lipinski definition) is 2. The lowest BCUT2D eigenvalue weighted by atomic mass is 9.94. The van der Waals surface area contributed by atoms with Gasteiger partial charge >= 0.3 is 0 Å². The molecule has 1 aromatic carbocycles. The van der Waals surface area contributed by atoms with Gasteiger partial charge in [0.05, 0.1) is 13.2 Å². The SMILES string of the molecule is Cc1nc(N2CCOCC2)[nH]c(=O)c1CCC(=O)Nc1ccc2c(c1)OC1(CCCCC1)O2. The third-order valence-electron chi connectivity index (χ3n) is 6.56. The van der Waals surface area contributed by atoms with Gasteiger partial charge in [0.15, 0.2) is 11.5 Å². The number of ether oxygens (including phenoxy) is 3. The lowest BCUT2D eigenvalue weighted by Crippen LogP contribution is -2.40. The molecule has 1 spiro atoms. The van der Waals surface area contributed by atoms with Crippen molar-refractivity contribution in [3.8, 4) is 11.5 Å².